The zero-order chi connectivity index (χ0) is 32.8. The zero-order valence-electron chi connectivity index (χ0n) is 27.5. The summed E-state index contributed by atoms with van der Waals surface area (Å²) in [4.78, 5) is 34.5. The van der Waals surface area contributed by atoms with Crippen LogP contribution in [0, 0.1) is 24.2 Å². The van der Waals surface area contributed by atoms with Crippen molar-refractivity contribution in [1.82, 2.24) is 0 Å². The first-order valence-corrected chi connectivity index (χ1v) is 15.4. The van der Waals surface area contributed by atoms with Crippen molar-refractivity contribution in [3.8, 4) is 12.3 Å². The number of hydrogen-bond donors (Lipinski definition) is 0. The van der Waals surface area contributed by atoms with E-state index in [0.29, 0.717) is 32.8 Å². The second kappa shape index (κ2) is 21.3. The SMILES string of the molecule is C#C[C@@H](CCCOCc1ccccc1)CC(=O)OC(C)(C)C.CC(C)(C)OC(=O)C[C@@H](C=O)CCCOCc1ccccc1. The zero-order valence-corrected chi connectivity index (χ0v) is 27.5. The molecule has 0 aliphatic rings. The molecule has 0 amide bonds. The van der Waals surface area contributed by atoms with E-state index in [2.05, 4.69) is 5.92 Å². The molecule has 7 nitrogen and oxygen atoms in total. The molecule has 44 heavy (non-hydrogen) atoms. The van der Waals surface area contributed by atoms with Crippen LogP contribution in [0.25, 0.3) is 0 Å². The minimum Gasteiger partial charge on any atom is -0.460 e. The third-order valence-electron chi connectivity index (χ3n) is 6.04. The Morgan fingerprint density at radius 3 is 1.57 bits per heavy atom. The standard InChI is InChI=1S/C19H26O3.C18H26O4/c1-5-16(14-18(20)22-19(2,3)4)12-9-13-21-15-17-10-7-6-8-11-17;1-18(2,3)22-17(20)12-16(13-19)10-7-11-21-14-15-8-5-4-6-9-15/h1,6-8,10-11,16H,9,12-15H2,2-4H3;4-6,8-9,13,16H,7,10-12,14H2,1-3H3/t2*16-/m00/s1. The van der Waals surface area contributed by atoms with E-state index in [9.17, 15) is 14.4 Å². The van der Waals surface area contributed by atoms with Crippen molar-refractivity contribution in [3.63, 3.8) is 0 Å². The van der Waals surface area contributed by atoms with Crippen molar-refractivity contribution in [2.45, 2.75) is 104 Å². The molecular formula is C37H52O7. The van der Waals surface area contributed by atoms with E-state index in [1.165, 1.54) is 0 Å². The lowest BCUT2D eigenvalue weighted by atomic mass is 10.0. The molecule has 2 aromatic carbocycles. The lowest BCUT2D eigenvalue weighted by molar-refractivity contribution is -0.157. The van der Waals surface area contributed by atoms with Gasteiger partial charge in [-0.15, -0.1) is 12.3 Å². The van der Waals surface area contributed by atoms with E-state index in [1.807, 2.05) is 102 Å². The summed E-state index contributed by atoms with van der Waals surface area (Å²) in [5, 5.41) is 0. The second-order valence-corrected chi connectivity index (χ2v) is 12.7. The summed E-state index contributed by atoms with van der Waals surface area (Å²) in [5.74, 6) is 1.73. The fraction of sp³-hybridized carbons (Fsp3) is 0.541. The Morgan fingerprint density at radius 2 is 1.16 bits per heavy atom. The smallest absolute Gasteiger partial charge is 0.307 e. The van der Waals surface area contributed by atoms with E-state index in [-0.39, 0.29) is 36.6 Å². The van der Waals surface area contributed by atoms with Gasteiger partial charge in [0.15, 0.2) is 0 Å². The van der Waals surface area contributed by atoms with Gasteiger partial charge in [-0.25, -0.2) is 0 Å². The van der Waals surface area contributed by atoms with Gasteiger partial charge >= 0.3 is 11.9 Å². The molecule has 0 heterocycles. The predicted molar refractivity (Wildman–Crippen MR) is 173 cm³/mol. The van der Waals surface area contributed by atoms with Gasteiger partial charge < -0.3 is 23.7 Å². The van der Waals surface area contributed by atoms with Crippen molar-refractivity contribution >= 4 is 18.2 Å². The van der Waals surface area contributed by atoms with Gasteiger partial charge in [0.25, 0.3) is 0 Å². The van der Waals surface area contributed by atoms with Crippen LogP contribution >= 0.6 is 0 Å². The maximum Gasteiger partial charge on any atom is 0.307 e. The van der Waals surface area contributed by atoms with Crippen LogP contribution in [0.2, 0.25) is 0 Å². The Morgan fingerprint density at radius 1 is 0.727 bits per heavy atom. The molecule has 0 aliphatic heterocycles. The average Bonchev–Trinajstić information content (AvgIpc) is 2.95. The highest BCUT2D eigenvalue weighted by atomic mass is 16.6. The number of carbonyl (C=O) groups excluding carboxylic acids is 3. The summed E-state index contributed by atoms with van der Waals surface area (Å²) in [5.41, 5.74) is 1.31. The summed E-state index contributed by atoms with van der Waals surface area (Å²) in [6.45, 7) is 13.4. The maximum absolute atomic E-state index is 11.8. The maximum atomic E-state index is 11.8. The largest absolute Gasteiger partial charge is 0.460 e. The summed E-state index contributed by atoms with van der Waals surface area (Å²) < 4.78 is 21.7. The van der Waals surface area contributed by atoms with Crippen molar-refractivity contribution in [3.05, 3.63) is 71.8 Å². The van der Waals surface area contributed by atoms with Crippen LogP contribution in [-0.2, 0) is 46.5 Å². The van der Waals surface area contributed by atoms with E-state index >= 15 is 0 Å². The quantitative estimate of drug-likeness (QED) is 0.0795. The monoisotopic (exact) mass is 608 g/mol. The van der Waals surface area contributed by atoms with Gasteiger partial charge in [0, 0.05) is 25.0 Å². The Hall–Kier alpha value is -3.47. The number of rotatable bonds is 17. The molecule has 0 aromatic heterocycles. The van der Waals surface area contributed by atoms with Crippen LogP contribution < -0.4 is 0 Å². The van der Waals surface area contributed by atoms with Crippen LogP contribution in [0.5, 0.6) is 0 Å². The number of terminal acetylenes is 1. The number of ether oxygens (including phenoxy) is 4. The van der Waals surface area contributed by atoms with Crippen molar-refractivity contribution in [2.24, 2.45) is 11.8 Å². The Bertz CT molecular complexity index is 1110. The molecule has 2 aromatic rings. The van der Waals surface area contributed by atoms with Gasteiger partial charge in [0.05, 0.1) is 26.1 Å². The lowest BCUT2D eigenvalue weighted by Gasteiger charge is -2.20. The molecule has 7 heteroatoms. The highest BCUT2D eigenvalue weighted by Gasteiger charge is 2.20. The number of aldehydes is 1. The fourth-order valence-corrected chi connectivity index (χ4v) is 4.05. The minimum absolute atomic E-state index is 0.0878. The third-order valence-corrected chi connectivity index (χ3v) is 6.04. The fourth-order valence-electron chi connectivity index (χ4n) is 4.05. The molecule has 242 valence electrons. The topological polar surface area (TPSA) is 88.1 Å². The molecule has 0 spiro atoms. The highest BCUT2D eigenvalue weighted by molar-refractivity contribution is 5.74. The van der Waals surface area contributed by atoms with Gasteiger partial charge in [-0.1, -0.05) is 60.7 Å². The molecule has 2 rings (SSSR count). The van der Waals surface area contributed by atoms with Gasteiger partial charge in [-0.3, -0.25) is 9.59 Å². The average molecular weight is 609 g/mol. The lowest BCUT2D eigenvalue weighted by Crippen LogP contribution is -2.25. The molecule has 0 fully saturated rings. The molecule has 0 bridgehead atoms. The summed E-state index contributed by atoms with van der Waals surface area (Å²) in [7, 11) is 0. The number of benzene rings is 2. The van der Waals surface area contributed by atoms with Crippen LogP contribution in [0.4, 0.5) is 0 Å². The van der Waals surface area contributed by atoms with Gasteiger partial charge in [0.2, 0.25) is 0 Å². The number of carbonyl (C=O) groups is 3. The minimum atomic E-state index is -0.511. The molecule has 0 saturated carbocycles. The molecule has 0 radical (unpaired) electrons. The van der Waals surface area contributed by atoms with Crippen molar-refractivity contribution in [1.29, 1.82) is 0 Å². The van der Waals surface area contributed by atoms with E-state index in [4.69, 9.17) is 25.4 Å². The summed E-state index contributed by atoms with van der Waals surface area (Å²) in [6.07, 6.45) is 9.73. The summed E-state index contributed by atoms with van der Waals surface area (Å²) in [6, 6.07) is 20.0. The van der Waals surface area contributed by atoms with E-state index in [0.717, 1.165) is 36.7 Å². The van der Waals surface area contributed by atoms with E-state index < -0.39 is 11.2 Å². The third kappa shape index (κ3) is 21.3. The Labute approximate surface area is 265 Å². The number of esters is 2. The second-order valence-electron chi connectivity index (χ2n) is 12.7. The predicted octanol–water partition coefficient (Wildman–Crippen LogP) is 7.49. The first kappa shape index (κ1) is 38.6. The highest BCUT2D eigenvalue weighted by Crippen LogP contribution is 2.16. The Balaban J connectivity index is 0.000000440. The first-order valence-electron chi connectivity index (χ1n) is 15.4. The van der Waals surface area contributed by atoms with Gasteiger partial charge in [0.1, 0.15) is 17.5 Å². The van der Waals surface area contributed by atoms with E-state index in [1.54, 1.807) is 0 Å². The molecule has 0 saturated heterocycles. The van der Waals surface area contributed by atoms with Crippen LogP contribution in [-0.4, -0.2) is 42.6 Å². The molecule has 0 N–H and O–H groups in total. The summed E-state index contributed by atoms with van der Waals surface area (Å²) >= 11 is 0. The molecule has 0 unspecified atom stereocenters. The van der Waals surface area contributed by atoms with Crippen molar-refractivity contribution in [2.75, 3.05) is 13.2 Å². The Kier molecular flexibility index (Phi) is 18.6. The van der Waals surface area contributed by atoms with Crippen molar-refractivity contribution < 1.29 is 33.3 Å². The van der Waals surface area contributed by atoms with Crippen LogP contribution in [0.15, 0.2) is 60.7 Å². The van der Waals surface area contributed by atoms with Gasteiger partial charge in [-0.2, -0.15) is 0 Å². The molecular weight excluding hydrogens is 556 g/mol. The molecule has 2 atom stereocenters. The first-order chi connectivity index (χ1) is 20.8. The van der Waals surface area contributed by atoms with Crippen LogP contribution in [0.1, 0.15) is 91.2 Å². The molecule has 0 aliphatic carbocycles. The normalized spacial score (nSPS) is 12.6. The number of hydrogen-bond acceptors (Lipinski definition) is 7. The van der Waals surface area contributed by atoms with Crippen LogP contribution in [0.3, 0.4) is 0 Å². The van der Waals surface area contributed by atoms with Gasteiger partial charge in [-0.05, 0) is 78.4 Å².